The van der Waals surface area contributed by atoms with E-state index in [1.165, 1.54) is 5.69 Å². The second kappa shape index (κ2) is 7.54. The monoisotopic (exact) mass is 253 g/mol. The van der Waals surface area contributed by atoms with Crippen LogP contribution in [0.4, 0.5) is 0 Å². The Balaban J connectivity index is 2.25. The summed E-state index contributed by atoms with van der Waals surface area (Å²) >= 11 is 0. The van der Waals surface area contributed by atoms with Crippen molar-refractivity contribution in [3.8, 4) is 0 Å². The largest absolute Gasteiger partial charge is 0.394 e. The number of aliphatic hydroxyl groups is 1. The molecule has 2 N–H and O–H groups in total. The van der Waals surface area contributed by atoms with E-state index < -0.39 is 0 Å². The van der Waals surface area contributed by atoms with Gasteiger partial charge >= 0.3 is 0 Å². The van der Waals surface area contributed by atoms with Crippen LogP contribution >= 0.6 is 0 Å². The fraction of sp³-hybridized carbons (Fsp3) is 0.786. The van der Waals surface area contributed by atoms with Gasteiger partial charge in [-0.3, -0.25) is 4.68 Å². The summed E-state index contributed by atoms with van der Waals surface area (Å²) in [5, 5.41) is 17.2. The van der Waals surface area contributed by atoms with Crippen LogP contribution in [0.1, 0.15) is 45.2 Å². The average Bonchev–Trinajstić information content (AvgIpc) is 2.78. The number of aryl methyl sites for hydroxylation is 2. The summed E-state index contributed by atoms with van der Waals surface area (Å²) in [7, 11) is 0. The van der Waals surface area contributed by atoms with Crippen LogP contribution in [-0.4, -0.2) is 33.6 Å². The zero-order valence-electron chi connectivity index (χ0n) is 11.9. The summed E-state index contributed by atoms with van der Waals surface area (Å²) in [5.74, 6) is 0. The van der Waals surface area contributed by atoms with Crippen molar-refractivity contribution in [2.24, 2.45) is 0 Å². The smallest absolute Gasteiger partial charge is 0.0610 e. The average molecular weight is 253 g/mol. The van der Waals surface area contributed by atoms with Gasteiger partial charge in [-0.2, -0.15) is 5.10 Å². The van der Waals surface area contributed by atoms with Gasteiger partial charge in [0.1, 0.15) is 0 Å². The second-order valence-corrected chi connectivity index (χ2v) is 5.30. The molecule has 4 heteroatoms. The molecule has 1 aromatic heterocycles. The van der Waals surface area contributed by atoms with Gasteiger partial charge in [0.05, 0.1) is 6.61 Å². The maximum absolute atomic E-state index is 9.46. The SMILES string of the molecule is CCCNC(C)(CO)CCCCn1nccc1C. The topological polar surface area (TPSA) is 50.1 Å². The molecule has 1 heterocycles. The van der Waals surface area contributed by atoms with Gasteiger partial charge in [-0.05, 0) is 52.1 Å². The van der Waals surface area contributed by atoms with Crippen molar-refractivity contribution in [3.63, 3.8) is 0 Å². The number of rotatable bonds is 9. The van der Waals surface area contributed by atoms with E-state index in [1.807, 2.05) is 16.9 Å². The zero-order valence-corrected chi connectivity index (χ0v) is 11.9. The summed E-state index contributed by atoms with van der Waals surface area (Å²) in [6, 6.07) is 2.03. The van der Waals surface area contributed by atoms with Crippen LogP contribution in [0.2, 0.25) is 0 Å². The van der Waals surface area contributed by atoms with Gasteiger partial charge in [0.25, 0.3) is 0 Å². The minimum Gasteiger partial charge on any atom is -0.394 e. The third kappa shape index (κ3) is 4.78. The molecule has 0 bridgehead atoms. The summed E-state index contributed by atoms with van der Waals surface area (Å²) in [6.45, 7) is 8.46. The number of hydrogen-bond acceptors (Lipinski definition) is 3. The first-order chi connectivity index (χ1) is 8.61. The molecule has 0 aliphatic carbocycles. The molecule has 1 unspecified atom stereocenters. The second-order valence-electron chi connectivity index (χ2n) is 5.30. The highest BCUT2D eigenvalue weighted by Crippen LogP contribution is 2.14. The molecule has 0 aliphatic rings. The lowest BCUT2D eigenvalue weighted by Crippen LogP contribution is -2.46. The Kier molecular flexibility index (Phi) is 6.36. The molecule has 0 amide bonds. The molecule has 0 aromatic carbocycles. The van der Waals surface area contributed by atoms with E-state index >= 15 is 0 Å². The molecular weight excluding hydrogens is 226 g/mol. The van der Waals surface area contributed by atoms with Crippen LogP contribution in [-0.2, 0) is 6.54 Å². The summed E-state index contributed by atoms with van der Waals surface area (Å²) in [4.78, 5) is 0. The Morgan fingerprint density at radius 2 is 2.22 bits per heavy atom. The lowest BCUT2D eigenvalue weighted by Gasteiger charge is -2.28. The molecular formula is C14H27N3O. The van der Waals surface area contributed by atoms with Crippen LogP contribution < -0.4 is 5.32 Å². The molecule has 1 rings (SSSR count). The Morgan fingerprint density at radius 3 is 2.78 bits per heavy atom. The van der Waals surface area contributed by atoms with E-state index in [-0.39, 0.29) is 12.1 Å². The zero-order chi connectivity index (χ0) is 13.4. The minimum atomic E-state index is -0.130. The third-order valence-corrected chi connectivity index (χ3v) is 3.43. The summed E-state index contributed by atoms with van der Waals surface area (Å²) in [6.07, 6.45) is 6.15. The van der Waals surface area contributed by atoms with Gasteiger partial charge in [-0.1, -0.05) is 6.92 Å². The van der Waals surface area contributed by atoms with Gasteiger partial charge in [0.15, 0.2) is 0 Å². The van der Waals surface area contributed by atoms with Crippen LogP contribution in [0.25, 0.3) is 0 Å². The molecule has 0 aliphatic heterocycles. The van der Waals surface area contributed by atoms with E-state index in [0.717, 1.165) is 38.8 Å². The number of nitrogens with one attached hydrogen (secondary N) is 1. The van der Waals surface area contributed by atoms with Crippen molar-refractivity contribution in [1.82, 2.24) is 15.1 Å². The lowest BCUT2D eigenvalue weighted by molar-refractivity contribution is 0.162. The van der Waals surface area contributed by atoms with Crippen molar-refractivity contribution >= 4 is 0 Å². The molecule has 0 radical (unpaired) electrons. The Bertz CT molecular complexity index is 338. The van der Waals surface area contributed by atoms with Crippen molar-refractivity contribution in [2.45, 2.75) is 58.5 Å². The highest BCUT2D eigenvalue weighted by atomic mass is 16.3. The number of aromatic nitrogens is 2. The van der Waals surface area contributed by atoms with Crippen LogP contribution in [0.3, 0.4) is 0 Å². The van der Waals surface area contributed by atoms with Crippen molar-refractivity contribution in [2.75, 3.05) is 13.2 Å². The van der Waals surface area contributed by atoms with Crippen molar-refractivity contribution in [3.05, 3.63) is 18.0 Å². The predicted octanol–water partition coefficient (Wildman–Crippen LogP) is 2.11. The summed E-state index contributed by atoms with van der Waals surface area (Å²) < 4.78 is 2.04. The molecule has 0 fully saturated rings. The van der Waals surface area contributed by atoms with Gasteiger partial charge < -0.3 is 10.4 Å². The Hall–Kier alpha value is -0.870. The minimum absolute atomic E-state index is 0.130. The lowest BCUT2D eigenvalue weighted by atomic mass is 9.95. The van der Waals surface area contributed by atoms with Crippen LogP contribution in [0, 0.1) is 6.92 Å². The summed E-state index contributed by atoms with van der Waals surface area (Å²) in [5.41, 5.74) is 1.08. The van der Waals surface area contributed by atoms with E-state index in [4.69, 9.17) is 0 Å². The molecule has 0 saturated carbocycles. The van der Waals surface area contributed by atoms with Gasteiger partial charge in [-0.15, -0.1) is 0 Å². The molecule has 4 nitrogen and oxygen atoms in total. The van der Waals surface area contributed by atoms with Crippen LogP contribution in [0.15, 0.2) is 12.3 Å². The molecule has 18 heavy (non-hydrogen) atoms. The van der Waals surface area contributed by atoms with Gasteiger partial charge in [-0.25, -0.2) is 0 Å². The van der Waals surface area contributed by atoms with E-state index in [1.54, 1.807) is 0 Å². The highest BCUT2D eigenvalue weighted by molar-refractivity contribution is 4.96. The predicted molar refractivity (Wildman–Crippen MR) is 74.6 cm³/mol. The number of aliphatic hydroxyl groups excluding tert-OH is 1. The van der Waals surface area contributed by atoms with Crippen molar-refractivity contribution < 1.29 is 5.11 Å². The first-order valence-corrected chi connectivity index (χ1v) is 6.95. The number of unbranched alkanes of at least 4 members (excludes halogenated alkanes) is 1. The van der Waals surface area contributed by atoms with Gasteiger partial charge in [0.2, 0.25) is 0 Å². The number of hydrogen-bond donors (Lipinski definition) is 2. The third-order valence-electron chi connectivity index (χ3n) is 3.43. The molecule has 1 aromatic rings. The maximum atomic E-state index is 9.46. The molecule has 0 saturated heterocycles. The van der Waals surface area contributed by atoms with Gasteiger partial charge in [0, 0.05) is 24.0 Å². The standard InChI is InChI=1S/C14H27N3O/c1-4-9-15-14(3,12-18)8-5-6-11-17-13(2)7-10-16-17/h7,10,15,18H,4-6,8-9,11-12H2,1-3H3. The maximum Gasteiger partial charge on any atom is 0.0610 e. The quantitative estimate of drug-likeness (QED) is 0.663. The Morgan fingerprint density at radius 1 is 1.44 bits per heavy atom. The Labute approximate surface area is 110 Å². The molecule has 0 spiro atoms. The van der Waals surface area contributed by atoms with E-state index in [9.17, 15) is 5.11 Å². The molecule has 1 atom stereocenters. The van der Waals surface area contributed by atoms with E-state index in [0.29, 0.717) is 0 Å². The van der Waals surface area contributed by atoms with Crippen molar-refractivity contribution in [1.29, 1.82) is 0 Å². The normalized spacial score (nSPS) is 14.7. The highest BCUT2D eigenvalue weighted by Gasteiger charge is 2.21. The number of nitrogens with zero attached hydrogens (tertiary/aromatic N) is 2. The van der Waals surface area contributed by atoms with Crippen LogP contribution in [0.5, 0.6) is 0 Å². The molecule has 104 valence electrons. The first-order valence-electron chi connectivity index (χ1n) is 6.95. The first kappa shape index (κ1) is 15.2. The van der Waals surface area contributed by atoms with E-state index in [2.05, 4.69) is 31.2 Å². The fourth-order valence-corrected chi connectivity index (χ4v) is 2.06. The fourth-order valence-electron chi connectivity index (χ4n) is 2.06.